The smallest absolute Gasteiger partial charge is 0.188 e. The molecule has 0 fully saturated rings. The second-order valence-corrected chi connectivity index (χ2v) is 7.56. The Morgan fingerprint density at radius 2 is 2.19 bits per heavy atom. The molecule has 136 valence electrons. The van der Waals surface area contributed by atoms with Gasteiger partial charge in [0.15, 0.2) is 11.6 Å². The molecule has 0 saturated carbocycles. The van der Waals surface area contributed by atoms with Gasteiger partial charge >= 0.3 is 0 Å². The van der Waals surface area contributed by atoms with E-state index in [4.69, 9.17) is 21.4 Å². The largest absolute Gasteiger partial charge is 0.394 e. The van der Waals surface area contributed by atoms with E-state index >= 15 is 4.39 Å². The number of carbonyl (C=O) groups excluding carboxylic acids is 1. The van der Waals surface area contributed by atoms with Crippen LogP contribution in [0.2, 0.25) is 5.02 Å². The lowest BCUT2D eigenvalue weighted by Crippen LogP contribution is -2.15. The van der Waals surface area contributed by atoms with Crippen LogP contribution in [0.25, 0.3) is 10.2 Å². The van der Waals surface area contributed by atoms with Gasteiger partial charge in [-0.05, 0) is 35.3 Å². The van der Waals surface area contributed by atoms with Crippen LogP contribution in [-0.4, -0.2) is 40.3 Å². The van der Waals surface area contributed by atoms with Gasteiger partial charge in [0.1, 0.15) is 12.1 Å². The van der Waals surface area contributed by atoms with E-state index in [0.717, 1.165) is 16.0 Å². The minimum Gasteiger partial charge on any atom is -0.394 e. The van der Waals surface area contributed by atoms with E-state index < -0.39 is 5.82 Å². The Labute approximate surface area is 166 Å². The molecule has 0 amide bonds. The molecule has 0 radical (unpaired) electrons. The number of ketones is 1. The van der Waals surface area contributed by atoms with Gasteiger partial charge in [-0.25, -0.2) is 4.39 Å². The molecule has 2 aromatic carbocycles. The highest BCUT2D eigenvalue weighted by Gasteiger charge is 2.22. The van der Waals surface area contributed by atoms with Crippen LogP contribution in [0.4, 0.5) is 4.39 Å². The van der Waals surface area contributed by atoms with Gasteiger partial charge in [0.2, 0.25) is 0 Å². The summed E-state index contributed by atoms with van der Waals surface area (Å²) in [6, 6.07) is 6.86. The molecule has 0 aliphatic carbocycles. The van der Waals surface area contributed by atoms with Crippen LogP contribution in [0, 0.1) is 5.82 Å². The predicted octanol–water partition coefficient (Wildman–Crippen LogP) is 4.03. The third kappa shape index (κ3) is 4.10. The van der Waals surface area contributed by atoms with E-state index in [0.29, 0.717) is 15.3 Å². The summed E-state index contributed by atoms with van der Waals surface area (Å²) >= 11 is 10.6. The van der Waals surface area contributed by atoms with Crippen molar-refractivity contribution in [2.75, 3.05) is 19.8 Å². The van der Waals surface area contributed by atoms with Gasteiger partial charge in [-0.15, -0.1) is 5.10 Å². The molecule has 0 saturated heterocycles. The van der Waals surface area contributed by atoms with Crippen LogP contribution >= 0.6 is 39.1 Å². The number of nitrogens with zero attached hydrogens (tertiary/aromatic N) is 2. The van der Waals surface area contributed by atoms with E-state index in [9.17, 15) is 4.79 Å². The first-order valence-corrected chi connectivity index (χ1v) is 9.55. The molecule has 5 nitrogen and oxygen atoms in total. The van der Waals surface area contributed by atoms with Crippen LogP contribution in [0.1, 0.15) is 21.5 Å². The SMILES string of the molecule is O=C(COCCO)c1cc2snnc2c(F)c1Cc1ccc(Br)cc1Cl. The fraction of sp³-hybridized carbons (Fsp3) is 0.235. The minimum atomic E-state index is -0.583. The number of fused-ring (bicyclic) bond motifs is 1. The van der Waals surface area contributed by atoms with Gasteiger partial charge in [0, 0.05) is 27.0 Å². The number of hydrogen-bond acceptors (Lipinski definition) is 6. The Kier molecular flexibility index (Phi) is 6.31. The Bertz CT molecular complexity index is 967. The van der Waals surface area contributed by atoms with Gasteiger partial charge in [-0.1, -0.05) is 38.1 Å². The maximum absolute atomic E-state index is 15.0. The van der Waals surface area contributed by atoms with Gasteiger partial charge < -0.3 is 9.84 Å². The van der Waals surface area contributed by atoms with Crippen molar-refractivity contribution in [1.29, 1.82) is 0 Å². The minimum absolute atomic E-state index is 0.0342. The monoisotopic (exact) mass is 458 g/mol. The molecule has 26 heavy (non-hydrogen) atoms. The fourth-order valence-corrected chi connectivity index (χ4v) is 3.85. The molecule has 0 spiro atoms. The van der Waals surface area contributed by atoms with Crippen molar-refractivity contribution in [2.45, 2.75) is 6.42 Å². The second kappa shape index (κ2) is 8.49. The summed E-state index contributed by atoms with van der Waals surface area (Å²) in [5, 5.41) is 13.1. The lowest BCUT2D eigenvalue weighted by atomic mass is 9.96. The molecule has 0 aliphatic rings. The Morgan fingerprint density at radius 3 is 2.92 bits per heavy atom. The highest BCUT2D eigenvalue weighted by atomic mass is 79.9. The molecule has 1 N–H and O–H groups in total. The Hall–Kier alpha value is -1.45. The number of benzene rings is 2. The molecular weight excluding hydrogens is 447 g/mol. The summed E-state index contributed by atoms with van der Waals surface area (Å²) in [6.07, 6.45) is 0.131. The highest BCUT2D eigenvalue weighted by Crippen LogP contribution is 2.30. The Morgan fingerprint density at radius 1 is 1.38 bits per heavy atom. The number of aliphatic hydroxyl groups is 1. The second-order valence-electron chi connectivity index (χ2n) is 5.45. The maximum Gasteiger partial charge on any atom is 0.188 e. The van der Waals surface area contributed by atoms with Crippen molar-refractivity contribution in [1.82, 2.24) is 9.59 Å². The zero-order valence-corrected chi connectivity index (χ0v) is 16.5. The molecule has 0 atom stereocenters. The molecule has 0 bridgehead atoms. The zero-order chi connectivity index (χ0) is 18.7. The maximum atomic E-state index is 15.0. The summed E-state index contributed by atoms with van der Waals surface area (Å²) in [5.41, 5.74) is 1.22. The van der Waals surface area contributed by atoms with Crippen LogP contribution in [0.5, 0.6) is 0 Å². The number of rotatable bonds is 7. The zero-order valence-electron chi connectivity index (χ0n) is 13.3. The van der Waals surface area contributed by atoms with E-state index in [1.54, 1.807) is 24.3 Å². The lowest BCUT2D eigenvalue weighted by molar-refractivity contribution is 0.0663. The first kappa shape index (κ1) is 19.3. The van der Waals surface area contributed by atoms with Crippen LogP contribution in [-0.2, 0) is 11.2 Å². The molecule has 9 heteroatoms. The third-order valence-corrected chi connectivity index (χ3v) is 5.25. The molecule has 3 aromatic rings. The molecule has 0 aliphatic heterocycles. The highest BCUT2D eigenvalue weighted by molar-refractivity contribution is 9.10. The number of aromatic nitrogens is 2. The fourth-order valence-electron chi connectivity index (χ4n) is 2.51. The molecular formula is C17H13BrClFN2O3S. The average Bonchev–Trinajstić information content (AvgIpc) is 3.08. The third-order valence-electron chi connectivity index (χ3n) is 3.74. The number of carbonyl (C=O) groups is 1. The van der Waals surface area contributed by atoms with Crippen molar-refractivity contribution in [3.8, 4) is 0 Å². The summed E-state index contributed by atoms with van der Waals surface area (Å²) in [7, 11) is 0. The van der Waals surface area contributed by atoms with Crippen molar-refractivity contribution in [3.05, 3.63) is 56.3 Å². The van der Waals surface area contributed by atoms with E-state index in [1.165, 1.54) is 0 Å². The van der Waals surface area contributed by atoms with Gasteiger partial charge in [0.25, 0.3) is 0 Å². The summed E-state index contributed by atoms with van der Waals surface area (Å²) < 4.78 is 25.2. The van der Waals surface area contributed by atoms with Crippen LogP contribution in [0.3, 0.4) is 0 Å². The first-order valence-electron chi connectivity index (χ1n) is 7.60. The van der Waals surface area contributed by atoms with Gasteiger partial charge in [0.05, 0.1) is 17.9 Å². The molecule has 1 heterocycles. The van der Waals surface area contributed by atoms with Crippen LogP contribution in [0.15, 0.2) is 28.7 Å². The number of Topliss-reactive ketones (excluding diaryl/α,β-unsaturated/α-hetero) is 1. The quantitative estimate of drug-likeness (QED) is 0.427. The first-order chi connectivity index (χ1) is 12.5. The van der Waals surface area contributed by atoms with Crippen molar-refractivity contribution in [3.63, 3.8) is 0 Å². The number of hydrogen-bond donors (Lipinski definition) is 1. The summed E-state index contributed by atoms with van der Waals surface area (Å²) in [4.78, 5) is 12.5. The number of halogens is 3. The number of aliphatic hydroxyl groups excluding tert-OH is 1. The molecule has 0 unspecified atom stereocenters. The van der Waals surface area contributed by atoms with E-state index in [2.05, 4.69) is 25.5 Å². The lowest BCUT2D eigenvalue weighted by Gasteiger charge is -2.12. The van der Waals surface area contributed by atoms with Crippen LogP contribution < -0.4 is 0 Å². The normalized spacial score (nSPS) is 11.2. The van der Waals surface area contributed by atoms with Crippen molar-refractivity contribution < 1.29 is 19.0 Å². The van der Waals surface area contributed by atoms with Crippen molar-refractivity contribution in [2.24, 2.45) is 0 Å². The molecule has 3 rings (SSSR count). The van der Waals surface area contributed by atoms with E-state index in [1.807, 2.05) is 0 Å². The van der Waals surface area contributed by atoms with E-state index in [-0.39, 0.29) is 48.7 Å². The van der Waals surface area contributed by atoms with Crippen molar-refractivity contribution >= 4 is 55.1 Å². The topological polar surface area (TPSA) is 72.3 Å². The Balaban J connectivity index is 2.04. The summed E-state index contributed by atoms with van der Waals surface area (Å²) in [5.74, 6) is -0.961. The summed E-state index contributed by atoms with van der Waals surface area (Å²) in [6.45, 7) is -0.411. The van der Waals surface area contributed by atoms with Gasteiger partial charge in [-0.2, -0.15) is 0 Å². The standard InChI is InChI=1S/C17H13BrClFN2O3S/c18-10-2-1-9(13(19)6-10)5-12-11(14(24)8-25-4-3-23)7-15-17(16(12)20)21-22-26-15/h1-2,6-7,23H,3-5,8H2. The predicted molar refractivity (Wildman–Crippen MR) is 102 cm³/mol. The number of ether oxygens (including phenoxy) is 1. The average molecular weight is 460 g/mol. The molecule has 1 aromatic heterocycles. The van der Waals surface area contributed by atoms with Gasteiger partial charge in [-0.3, -0.25) is 4.79 Å².